The predicted molar refractivity (Wildman–Crippen MR) is 83.1 cm³/mol. The van der Waals surface area contributed by atoms with Crippen molar-refractivity contribution in [1.29, 1.82) is 0 Å². The number of nitrogens with zero attached hydrogens (tertiary/aromatic N) is 2. The van der Waals surface area contributed by atoms with E-state index in [-0.39, 0.29) is 17.0 Å². The minimum absolute atomic E-state index is 0.134. The number of nitrogens with one attached hydrogen (secondary N) is 2. The van der Waals surface area contributed by atoms with E-state index in [4.69, 9.17) is 4.74 Å². The lowest BCUT2D eigenvalue weighted by molar-refractivity contribution is 0.0954. The molecule has 0 radical (unpaired) electrons. The minimum atomic E-state index is -3.59. The van der Waals surface area contributed by atoms with Gasteiger partial charge in [0.05, 0.1) is 34.4 Å². The molecule has 8 heteroatoms. The molecule has 7 nitrogen and oxygen atoms in total. The van der Waals surface area contributed by atoms with Crippen LogP contribution in [-0.4, -0.2) is 62.2 Å². The van der Waals surface area contributed by atoms with Gasteiger partial charge in [0, 0.05) is 20.2 Å². The van der Waals surface area contributed by atoms with Gasteiger partial charge in [0.15, 0.2) is 0 Å². The van der Waals surface area contributed by atoms with Crippen LogP contribution in [-0.2, 0) is 14.8 Å². The van der Waals surface area contributed by atoms with E-state index in [9.17, 15) is 8.42 Å². The van der Waals surface area contributed by atoms with Gasteiger partial charge in [-0.05, 0) is 24.7 Å². The maximum atomic E-state index is 12.6. The molecule has 3 rings (SSSR count). The maximum absolute atomic E-state index is 12.6. The van der Waals surface area contributed by atoms with Crippen molar-refractivity contribution < 1.29 is 13.2 Å². The number of ether oxygens (including phenoxy) is 1. The number of H-pyrrole nitrogens is 1. The largest absolute Gasteiger partial charge is 0.378 e. The Kier molecular flexibility index (Phi) is 4.18. The molecule has 1 fully saturated rings. The van der Waals surface area contributed by atoms with E-state index in [1.165, 1.54) is 0 Å². The smallest absolute Gasteiger partial charge is 0.241 e. The Morgan fingerprint density at radius 2 is 2.27 bits per heavy atom. The van der Waals surface area contributed by atoms with Gasteiger partial charge in [-0.2, -0.15) is 0 Å². The van der Waals surface area contributed by atoms with Gasteiger partial charge in [0.2, 0.25) is 10.0 Å². The van der Waals surface area contributed by atoms with Crippen molar-refractivity contribution in [3.8, 4) is 0 Å². The van der Waals surface area contributed by atoms with Crippen LogP contribution in [0.1, 0.15) is 6.92 Å². The SMILES string of the molecule is CCN1C[C@H](NS(=O)(=O)c2ccc3nc[nH]c3c2)[C@@H](OC)C1. The number of rotatable bonds is 5. The molecule has 0 amide bonds. The molecule has 0 saturated carbocycles. The van der Waals surface area contributed by atoms with Gasteiger partial charge in [0.1, 0.15) is 0 Å². The summed E-state index contributed by atoms with van der Waals surface area (Å²) in [6.45, 7) is 4.31. The molecular weight excluding hydrogens is 304 g/mol. The standard InChI is InChI=1S/C14H20N4O3S/c1-3-18-7-13(14(8-18)21-2)17-22(19,20)10-4-5-11-12(6-10)16-9-15-11/h4-6,9,13-14,17H,3,7-8H2,1-2H3,(H,15,16)/t13-,14-/m0/s1. The first-order valence-corrected chi connectivity index (χ1v) is 8.72. The Hall–Kier alpha value is -1.48. The predicted octanol–water partition coefficient (Wildman–Crippen LogP) is 0.560. The van der Waals surface area contributed by atoms with E-state index < -0.39 is 10.0 Å². The normalized spacial score (nSPS) is 23.4. The Morgan fingerprint density at radius 3 is 3.00 bits per heavy atom. The van der Waals surface area contributed by atoms with Crippen molar-refractivity contribution in [2.75, 3.05) is 26.7 Å². The highest BCUT2D eigenvalue weighted by Gasteiger charge is 2.35. The fraction of sp³-hybridized carbons (Fsp3) is 0.500. The van der Waals surface area contributed by atoms with Crippen molar-refractivity contribution in [2.24, 2.45) is 0 Å². The number of imidazole rings is 1. The monoisotopic (exact) mass is 324 g/mol. The Bertz CT molecular complexity index is 758. The molecule has 2 atom stereocenters. The van der Waals surface area contributed by atoms with E-state index in [2.05, 4.69) is 26.5 Å². The van der Waals surface area contributed by atoms with Crippen LogP contribution in [0.2, 0.25) is 0 Å². The molecule has 2 heterocycles. The molecule has 0 spiro atoms. The summed E-state index contributed by atoms with van der Waals surface area (Å²) >= 11 is 0. The Labute approximate surface area is 129 Å². The molecule has 0 aliphatic carbocycles. The van der Waals surface area contributed by atoms with Crippen LogP contribution in [0.4, 0.5) is 0 Å². The number of aromatic nitrogens is 2. The number of fused-ring (bicyclic) bond motifs is 1. The summed E-state index contributed by atoms with van der Waals surface area (Å²) < 4.78 is 33.4. The van der Waals surface area contributed by atoms with E-state index in [1.54, 1.807) is 31.6 Å². The summed E-state index contributed by atoms with van der Waals surface area (Å²) in [5.41, 5.74) is 1.44. The topological polar surface area (TPSA) is 87.3 Å². The zero-order valence-corrected chi connectivity index (χ0v) is 13.4. The second kappa shape index (κ2) is 5.96. The summed E-state index contributed by atoms with van der Waals surface area (Å²) in [6, 6.07) is 4.62. The minimum Gasteiger partial charge on any atom is -0.378 e. The molecule has 22 heavy (non-hydrogen) atoms. The van der Waals surface area contributed by atoms with Gasteiger partial charge in [0.25, 0.3) is 0 Å². The highest BCUT2D eigenvalue weighted by atomic mass is 32.2. The van der Waals surface area contributed by atoms with E-state index in [0.717, 1.165) is 18.6 Å². The Morgan fingerprint density at radius 1 is 1.45 bits per heavy atom. The van der Waals surface area contributed by atoms with Crippen LogP contribution in [0.15, 0.2) is 29.4 Å². The average molecular weight is 324 g/mol. The molecule has 2 aromatic rings. The van der Waals surface area contributed by atoms with Crippen molar-refractivity contribution >= 4 is 21.1 Å². The molecule has 0 unspecified atom stereocenters. The molecule has 1 aliphatic rings. The highest BCUT2D eigenvalue weighted by Crippen LogP contribution is 2.19. The molecule has 0 bridgehead atoms. The third-order valence-electron chi connectivity index (χ3n) is 4.10. The zero-order valence-electron chi connectivity index (χ0n) is 12.6. The highest BCUT2D eigenvalue weighted by molar-refractivity contribution is 7.89. The van der Waals surface area contributed by atoms with Gasteiger partial charge in [-0.25, -0.2) is 18.1 Å². The fourth-order valence-electron chi connectivity index (χ4n) is 2.81. The van der Waals surface area contributed by atoms with Crippen LogP contribution in [0.25, 0.3) is 11.0 Å². The number of likely N-dealkylation sites (N-methyl/N-ethyl adjacent to an activating group) is 1. The quantitative estimate of drug-likeness (QED) is 0.839. The maximum Gasteiger partial charge on any atom is 0.241 e. The number of likely N-dealkylation sites (tertiary alicyclic amines) is 1. The first kappa shape index (κ1) is 15.4. The third-order valence-corrected chi connectivity index (χ3v) is 5.59. The second-order valence-corrected chi connectivity index (χ2v) is 7.15. The van der Waals surface area contributed by atoms with Crippen molar-refractivity contribution in [3.05, 3.63) is 24.5 Å². The second-order valence-electron chi connectivity index (χ2n) is 5.44. The molecule has 120 valence electrons. The van der Waals surface area contributed by atoms with Gasteiger partial charge >= 0.3 is 0 Å². The lowest BCUT2D eigenvalue weighted by Crippen LogP contribution is -2.43. The van der Waals surface area contributed by atoms with Crippen LogP contribution >= 0.6 is 0 Å². The number of methoxy groups -OCH3 is 1. The lowest BCUT2D eigenvalue weighted by atomic mass is 10.2. The Balaban J connectivity index is 1.83. The fourth-order valence-corrected chi connectivity index (χ4v) is 4.09. The molecule has 2 N–H and O–H groups in total. The van der Waals surface area contributed by atoms with Gasteiger partial charge < -0.3 is 9.72 Å². The molecule has 1 aromatic carbocycles. The first-order chi connectivity index (χ1) is 10.5. The van der Waals surface area contributed by atoms with E-state index >= 15 is 0 Å². The summed E-state index contributed by atoms with van der Waals surface area (Å²) in [5, 5.41) is 0. The number of hydrogen-bond donors (Lipinski definition) is 2. The van der Waals surface area contributed by atoms with Crippen molar-refractivity contribution in [2.45, 2.75) is 24.0 Å². The summed E-state index contributed by atoms with van der Waals surface area (Å²) in [6.07, 6.45) is 1.41. The van der Waals surface area contributed by atoms with Crippen LogP contribution in [0.3, 0.4) is 0 Å². The van der Waals surface area contributed by atoms with Gasteiger partial charge in [-0.15, -0.1) is 0 Å². The summed E-state index contributed by atoms with van der Waals surface area (Å²) in [4.78, 5) is 9.42. The molecular formula is C14H20N4O3S. The van der Waals surface area contributed by atoms with E-state index in [1.807, 2.05) is 0 Å². The number of aromatic amines is 1. The third kappa shape index (κ3) is 2.87. The number of hydrogen-bond acceptors (Lipinski definition) is 5. The van der Waals surface area contributed by atoms with Crippen molar-refractivity contribution in [1.82, 2.24) is 19.6 Å². The van der Waals surface area contributed by atoms with Crippen molar-refractivity contribution in [3.63, 3.8) is 0 Å². The van der Waals surface area contributed by atoms with Gasteiger partial charge in [-0.1, -0.05) is 6.92 Å². The number of benzene rings is 1. The van der Waals surface area contributed by atoms with Crippen LogP contribution < -0.4 is 4.72 Å². The zero-order chi connectivity index (χ0) is 15.7. The average Bonchev–Trinajstić information content (AvgIpc) is 3.11. The lowest BCUT2D eigenvalue weighted by Gasteiger charge is -2.18. The van der Waals surface area contributed by atoms with E-state index in [0.29, 0.717) is 12.1 Å². The molecule has 1 aromatic heterocycles. The molecule has 1 saturated heterocycles. The summed E-state index contributed by atoms with van der Waals surface area (Å²) in [7, 11) is -1.98. The first-order valence-electron chi connectivity index (χ1n) is 7.24. The van der Waals surface area contributed by atoms with Gasteiger partial charge in [-0.3, -0.25) is 4.90 Å². The summed E-state index contributed by atoms with van der Waals surface area (Å²) in [5.74, 6) is 0. The van der Waals surface area contributed by atoms with Crippen LogP contribution in [0.5, 0.6) is 0 Å². The van der Waals surface area contributed by atoms with Crippen LogP contribution in [0, 0.1) is 0 Å². The number of sulfonamides is 1. The molecule has 1 aliphatic heterocycles.